The van der Waals surface area contributed by atoms with E-state index in [2.05, 4.69) is 15.6 Å². The number of ether oxygens (including phenoxy) is 1. The van der Waals surface area contributed by atoms with Gasteiger partial charge in [0.15, 0.2) is 6.10 Å². The fourth-order valence-electron chi connectivity index (χ4n) is 3.95. The fourth-order valence-corrected chi connectivity index (χ4v) is 3.95. The van der Waals surface area contributed by atoms with Crippen molar-refractivity contribution in [2.75, 3.05) is 26.2 Å². The van der Waals surface area contributed by atoms with Crippen LogP contribution in [0.4, 0.5) is 0 Å². The number of nitrogens with zero attached hydrogens (tertiary/aromatic N) is 2. The second-order valence-electron chi connectivity index (χ2n) is 7.43. The summed E-state index contributed by atoms with van der Waals surface area (Å²) in [5.74, 6) is 0.334. The molecular formula is C19H28Cl2N4O3. The van der Waals surface area contributed by atoms with Crippen LogP contribution in [0.25, 0.3) is 0 Å². The summed E-state index contributed by atoms with van der Waals surface area (Å²) >= 11 is 0. The molecule has 2 saturated heterocycles. The van der Waals surface area contributed by atoms with Gasteiger partial charge in [-0.25, -0.2) is 0 Å². The molecule has 1 aromatic rings. The summed E-state index contributed by atoms with van der Waals surface area (Å²) in [5, 5.41) is 6.40. The van der Waals surface area contributed by atoms with E-state index in [4.69, 9.17) is 4.74 Å². The Kier molecular flexibility index (Phi) is 8.49. The van der Waals surface area contributed by atoms with Crippen LogP contribution in [0.2, 0.25) is 0 Å². The van der Waals surface area contributed by atoms with Gasteiger partial charge in [0.2, 0.25) is 5.91 Å². The smallest absolute Gasteiger partial charge is 0.251 e. The normalized spacial score (nSPS) is 25.4. The van der Waals surface area contributed by atoms with Crippen LogP contribution in [0.1, 0.15) is 37.3 Å². The Morgan fingerprint density at radius 1 is 1.25 bits per heavy atom. The third kappa shape index (κ3) is 5.14. The van der Waals surface area contributed by atoms with Crippen LogP contribution in [0.3, 0.4) is 0 Å². The number of aromatic nitrogens is 1. The molecule has 2 aliphatic heterocycles. The van der Waals surface area contributed by atoms with Crippen LogP contribution in [0.5, 0.6) is 0 Å². The lowest BCUT2D eigenvalue weighted by Gasteiger charge is -2.40. The van der Waals surface area contributed by atoms with Gasteiger partial charge in [0, 0.05) is 25.0 Å². The van der Waals surface area contributed by atoms with Crippen LogP contribution < -0.4 is 10.6 Å². The molecule has 0 unspecified atom stereocenters. The molecule has 1 aliphatic carbocycles. The molecule has 156 valence electrons. The zero-order chi connectivity index (χ0) is 17.9. The van der Waals surface area contributed by atoms with E-state index in [1.807, 2.05) is 17.0 Å². The van der Waals surface area contributed by atoms with Gasteiger partial charge in [-0.1, -0.05) is 6.07 Å². The first-order valence-corrected chi connectivity index (χ1v) is 9.55. The maximum atomic E-state index is 12.9. The number of amides is 2. The number of hydrogen-bond acceptors (Lipinski definition) is 5. The third-order valence-electron chi connectivity index (χ3n) is 5.51. The molecule has 3 heterocycles. The van der Waals surface area contributed by atoms with Crippen LogP contribution in [0.15, 0.2) is 24.5 Å². The molecule has 28 heavy (non-hydrogen) atoms. The Balaban J connectivity index is 0.00000140. The van der Waals surface area contributed by atoms with Gasteiger partial charge < -0.3 is 20.3 Å². The zero-order valence-corrected chi connectivity index (χ0v) is 17.3. The maximum absolute atomic E-state index is 12.9. The number of carbonyl (C=O) groups excluding carboxylic acids is 2. The number of rotatable bonds is 5. The van der Waals surface area contributed by atoms with Gasteiger partial charge in [0.05, 0.1) is 6.04 Å². The van der Waals surface area contributed by atoms with Crippen LogP contribution >= 0.6 is 24.8 Å². The van der Waals surface area contributed by atoms with Crippen molar-refractivity contribution in [3.63, 3.8) is 0 Å². The van der Waals surface area contributed by atoms with Crippen molar-refractivity contribution in [3.05, 3.63) is 30.1 Å². The van der Waals surface area contributed by atoms with Gasteiger partial charge in [0.1, 0.15) is 6.61 Å². The molecule has 2 N–H and O–H groups in total. The van der Waals surface area contributed by atoms with Crippen molar-refractivity contribution >= 4 is 36.6 Å². The summed E-state index contributed by atoms with van der Waals surface area (Å²) in [6.07, 6.45) is 6.88. The molecule has 3 aliphatic rings. The molecule has 1 saturated carbocycles. The SMILES string of the molecule is Cl.Cl.O=C(NCC1CCNCC1)[C@H]1OCC(=O)N(C2CC2)[C@@H]1c1cccnc1. The lowest BCUT2D eigenvalue weighted by atomic mass is 9.96. The fraction of sp³-hybridized carbons (Fsp3) is 0.632. The number of nitrogens with one attached hydrogen (secondary N) is 2. The highest BCUT2D eigenvalue weighted by atomic mass is 35.5. The third-order valence-corrected chi connectivity index (χ3v) is 5.51. The van der Waals surface area contributed by atoms with Gasteiger partial charge in [-0.2, -0.15) is 0 Å². The van der Waals surface area contributed by atoms with Crippen LogP contribution in [-0.2, 0) is 14.3 Å². The first-order valence-electron chi connectivity index (χ1n) is 9.55. The molecule has 0 radical (unpaired) electrons. The Morgan fingerprint density at radius 3 is 2.64 bits per heavy atom. The molecule has 0 spiro atoms. The first kappa shape index (κ1) is 22.9. The van der Waals surface area contributed by atoms with Gasteiger partial charge >= 0.3 is 0 Å². The van der Waals surface area contributed by atoms with Crippen molar-refractivity contribution in [3.8, 4) is 0 Å². The Morgan fingerprint density at radius 2 is 2.00 bits per heavy atom. The number of piperidine rings is 1. The quantitative estimate of drug-likeness (QED) is 0.738. The number of halogens is 2. The molecule has 1 aromatic heterocycles. The Hall–Kier alpha value is -1.41. The first-order chi connectivity index (χ1) is 12.7. The summed E-state index contributed by atoms with van der Waals surface area (Å²) in [6.45, 7) is 2.64. The van der Waals surface area contributed by atoms with Crippen LogP contribution in [-0.4, -0.2) is 60.1 Å². The summed E-state index contributed by atoms with van der Waals surface area (Å²) in [7, 11) is 0. The van der Waals surface area contributed by atoms with Crippen molar-refractivity contribution in [1.82, 2.24) is 20.5 Å². The minimum Gasteiger partial charge on any atom is -0.356 e. The second-order valence-corrected chi connectivity index (χ2v) is 7.43. The minimum atomic E-state index is -0.681. The van der Waals surface area contributed by atoms with E-state index in [1.54, 1.807) is 12.4 Å². The lowest BCUT2D eigenvalue weighted by molar-refractivity contribution is -0.165. The zero-order valence-electron chi connectivity index (χ0n) is 15.7. The van der Waals surface area contributed by atoms with E-state index in [9.17, 15) is 9.59 Å². The average Bonchev–Trinajstić information content (AvgIpc) is 3.52. The molecule has 0 bridgehead atoms. The topological polar surface area (TPSA) is 83.6 Å². The van der Waals surface area contributed by atoms with E-state index in [1.165, 1.54) is 0 Å². The predicted octanol–water partition coefficient (Wildman–Crippen LogP) is 1.47. The van der Waals surface area contributed by atoms with Gasteiger partial charge in [-0.15, -0.1) is 24.8 Å². The van der Waals surface area contributed by atoms with Crippen molar-refractivity contribution < 1.29 is 14.3 Å². The van der Waals surface area contributed by atoms with Crippen molar-refractivity contribution in [2.24, 2.45) is 5.92 Å². The summed E-state index contributed by atoms with van der Waals surface area (Å²) in [5.41, 5.74) is 0.856. The highest BCUT2D eigenvalue weighted by Gasteiger charge is 2.47. The highest BCUT2D eigenvalue weighted by Crippen LogP contribution is 2.39. The Labute approximate surface area is 177 Å². The van der Waals surface area contributed by atoms with E-state index < -0.39 is 12.1 Å². The van der Waals surface area contributed by atoms with E-state index >= 15 is 0 Å². The van der Waals surface area contributed by atoms with E-state index in [-0.39, 0.29) is 49.3 Å². The molecule has 7 nitrogen and oxygen atoms in total. The molecule has 0 aromatic carbocycles. The standard InChI is InChI=1S/C19H26N4O3.2ClH/c24-16-12-26-18(19(25)22-10-13-5-8-20-9-6-13)17(23(16)15-3-4-15)14-2-1-7-21-11-14;;/h1-2,7,11,13,15,17-18,20H,3-6,8-10,12H2,(H,22,25);2*1H/t17-,18+;;/m1../s1. The largest absolute Gasteiger partial charge is 0.356 e. The number of hydrogen-bond donors (Lipinski definition) is 2. The molecule has 2 atom stereocenters. The second kappa shape index (κ2) is 10.4. The average molecular weight is 431 g/mol. The van der Waals surface area contributed by atoms with E-state index in [0.717, 1.165) is 44.3 Å². The van der Waals surface area contributed by atoms with Gasteiger partial charge in [-0.3, -0.25) is 14.6 Å². The van der Waals surface area contributed by atoms with Crippen molar-refractivity contribution in [1.29, 1.82) is 0 Å². The lowest BCUT2D eigenvalue weighted by Crippen LogP contribution is -2.55. The monoisotopic (exact) mass is 430 g/mol. The van der Waals surface area contributed by atoms with Crippen LogP contribution in [0, 0.1) is 5.92 Å². The van der Waals surface area contributed by atoms with Crippen molar-refractivity contribution in [2.45, 2.75) is 43.9 Å². The minimum absolute atomic E-state index is 0. The molecule has 3 fully saturated rings. The molecular weight excluding hydrogens is 403 g/mol. The van der Waals surface area contributed by atoms with Gasteiger partial charge in [-0.05, 0) is 56.3 Å². The predicted molar refractivity (Wildman–Crippen MR) is 110 cm³/mol. The number of carbonyl (C=O) groups is 2. The highest BCUT2D eigenvalue weighted by molar-refractivity contribution is 5.86. The van der Waals surface area contributed by atoms with E-state index in [0.29, 0.717) is 12.5 Å². The van der Waals surface area contributed by atoms with Gasteiger partial charge in [0.25, 0.3) is 5.91 Å². The summed E-state index contributed by atoms with van der Waals surface area (Å²) in [4.78, 5) is 31.4. The summed E-state index contributed by atoms with van der Waals surface area (Å²) in [6, 6.07) is 3.58. The Bertz CT molecular complexity index is 654. The number of morpholine rings is 1. The molecule has 2 amide bonds. The maximum Gasteiger partial charge on any atom is 0.251 e. The molecule has 9 heteroatoms. The molecule has 4 rings (SSSR count). The summed E-state index contributed by atoms with van der Waals surface area (Å²) < 4.78 is 5.72. The number of pyridine rings is 1.